The molecule has 0 aliphatic heterocycles. The van der Waals surface area contributed by atoms with Crippen LogP contribution in [0.1, 0.15) is 123 Å². The Balaban J connectivity index is 1.06. The molecule has 8 aliphatic carbocycles. The summed E-state index contributed by atoms with van der Waals surface area (Å²) in [5.41, 5.74) is 9.10. The zero-order chi connectivity index (χ0) is 33.1. The summed E-state index contributed by atoms with van der Waals surface area (Å²) in [5.74, 6) is 9.04. The standard InChI is InChI=1S/C45H55IO2/c1-25-11-34(12-26(2)42(25)47-44(5)36-17-29-15-30(19-36)20-37(44)18-29)41(33-7-9-40(46)10-8-33)35-13-27(3)43(28(4)14-35)48-45(6)38-21-31-16-32(23-38)24-39(45)22-31/h7-14,29-32,36-39,41H,15-24H2,1-6H3. The van der Waals surface area contributed by atoms with Gasteiger partial charge in [0.2, 0.25) is 0 Å². The Kier molecular flexibility index (Phi) is 7.65. The first-order valence-electron chi connectivity index (χ1n) is 19.3. The molecule has 3 heteroatoms. The van der Waals surface area contributed by atoms with Gasteiger partial charge in [0.05, 0.1) is 0 Å². The van der Waals surface area contributed by atoms with Gasteiger partial charge in [0.1, 0.15) is 22.7 Å². The van der Waals surface area contributed by atoms with Crippen LogP contribution in [0.4, 0.5) is 0 Å². The molecule has 0 N–H and O–H groups in total. The minimum absolute atomic E-state index is 0.0298. The van der Waals surface area contributed by atoms with Crippen molar-refractivity contribution < 1.29 is 9.47 Å². The molecular weight excluding hydrogens is 699 g/mol. The molecule has 0 aromatic heterocycles. The number of hydrogen-bond acceptors (Lipinski definition) is 2. The number of ether oxygens (including phenoxy) is 2. The number of rotatable bonds is 7. The topological polar surface area (TPSA) is 18.5 Å². The van der Waals surface area contributed by atoms with Crippen molar-refractivity contribution in [3.63, 3.8) is 0 Å². The second-order valence-corrected chi connectivity index (χ2v) is 19.4. The molecule has 254 valence electrons. The van der Waals surface area contributed by atoms with Crippen LogP contribution in [0, 0.1) is 78.6 Å². The SMILES string of the molecule is Cc1cc(C(c2ccc(I)cc2)c2cc(C)c(OC3(C)C4CC5CC(C4)CC3C5)c(C)c2)cc(C)c1OC1(C)C2CC3CC(C2)CC1C3. The summed E-state index contributed by atoms with van der Waals surface area (Å²) in [5, 5.41) is 0. The summed E-state index contributed by atoms with van der Waals surface area (Å²) >= 11 is 2.43. The predicted octanol–water partition coefficient (Wildman–Crippen LogP) is 11.9. The molecule has 8 bridgehead atoms. The highest BCUT2D eigenvalue weighted by Gasteiger charge is 2.58. The number of hydrogen-bond donors (Lipinski definition) is 0. The highest BCUT2D eigenvalue weighted by molar-refractivity contribution is 14.1. The monoisotopic (exact) mass is 754 g/mol. The molecule has 0 heterocycles. The van der Waals surface area contributed by atoms with Crippen molar-refractivity contribution in [3.05, 3.63) is 91.0 Å². The summed E-state index contributed by atoms with van der Waals surface area (Å²) in [7, 11) is 0. The fourth-order valence-electron chi connectivity index (χ4n) is 12.9. The van der Waals surface area contributed by atoms with E-state index in [0.29, 0.717) is 23.7 Å². The quantitative estimate of drug-likeness (QED) is 0.177. The van der Waals surface area contributed by atoms with Gasteiger partial charge in [-0.1, -0.05) is 36.4 Å². The van der Waals surface area contributed by atoms with Crippen molar-refractivity contribution in [2.75, 3.05) is 0 Å². The van der Waals surface area contributed by atoms with Gasteiger partial charge < -0.3 is 9.47 Å². The van der Waals surface area contributed by atoms with Gasteiger partial charge in [-0.3, -0.25) is 0 Å². The molecule has 8 fully saturated rings. The van der Waals surface area contributed by atoms with Gasteiger partial charge in [-0.05, 0) is 227 Å². The van der Waals surface area contributed by atoms with E-state index in [1.807, 2.05) is 0 Å². The Bertz CT molecular complexity index is 1530. The van der Waals surface area contributed by atoms with Gasteiger partial charge in [-0.15, -0.1) is 0 Å². The summed E-state index contributed by atoms with van der Waals surface area (Å²) in [6.45, 7) is 14.1. The van der Waals surface area contributed by atoms with Crippen LogP contribution in [-0.2, 0) is 0 Å². The highest BCUT2D eigenvalue weighted by Crippen LogP contribution is 2.61. The Hall–Kier alpha value is -2.01. The predicted molar refractivity (Wildman–Crippen MR) is 204 cm³/mol. The van der Waals surface area contributed by atoms with Crippen molar-refractivity contribution in [2.45, 2.75) is 123 Å². The Morgan fingerprint density at radius 3 is 1.12 bits per heavy atom. The molecule has 0 atom stereocenters. The fraction of sp³-hybridized carbons (Fsp3) is 0.600. The highest BCUT2D eigenvalue weighted by atomic mass is 127. The maximum absolute atomic E-state index is 7.26. The van der Waals surface area contributed by atoms with E-state index < -0.39 is 0 Å². The number of benzene rings is 3. The Labute approximate surface area is 303 Å². The van der Waals surface area contributed by atoms with Gasteiger partial charge in [0, 0.05) is 9.49 Å². The van der Waals surface area contributed by atoms with Crippen LogP contribution in [0.25, 0.3) is 0 Å². The largest absolute Gasteiger partial charge is 0.486 e. The molecule has 3 aromatic rings. The second kappa shape index (κ2) is 11.5. The molecule has 2 nitrogen and oxygen atoms in total. The molecule has 8 saturated carbocycles. The molecule has 0 radical (unpaired) electrons. The van der Waals surface area contributed by atoms with Crippen LogP contribution < -0.4 is 9.47 Å². The Morgan fingerprint density at radius 1 is 0.500 bits per heavy atom. The summed E-state index contributed by atoms with van der Waals surface area (Å²) in [6.07, 6.45) is 13.9. The van der Waals surface area contributed by atoms with E-state index in [9.17, 15) is 0 Å². The molecule has 0 unspecified atom stereocenters. The van der Waals surface area contributed by atoms with Crippen LogP contribution in [0.5, 0.6) is 11.5 Å². The lowest BCUT2D eigenvalue weighted by Gasteiger charge is -2.59. The molecule has 3 aromatic carbocycles. The maximum Gasteiger partial charge on any atom is 0.125 e. The molecule has 11 rings (SSSR count). The zero-order valence-electron chi connectivity index (χ0n) is 30.1. The summed E-state index contributed by atoms with van der Waals surface area (Å²) < 4.78 is 15.8. The van der Waals surface area contributed by atoms with Crippen molar-refractivity contribution in [1.82, 2.24) is 0 Å². The minimum Gasteiger partial charge on any atom is -0.486 e. The first-order valence-corrected chi connectivity index (χ1v) is 20.4. The minimum atomic E-state index is -0.0298. The second-order valence-electron chi connectivity index (χ2n) is 18.1. The van der Waals surface area contributed by atoms with Gasteiger partial charge >= 0.3 is 0 Å². The van der Waals surface area contributed by atoms with Crippen molar-refractivity contribution in [3.8, 4) is 11.5 Å². The average molecular weight is 755 g/mol. The lowest BCUT2D eigenvalue weighted by atomic mass is 9.50. The summed E-state index contributed by atoms with van der Waals surface area (Å²) in [4.78, 5) is 0. The van der Waals surface area contributed by atoms with Gasteiger partial charge in [-0.2, -0.15) is 0 Å². The van der Waals surface area contributed by atoms with Crippen LogP contribution in [-0.4, -0.2) is 11.2 Å². The zero-order valence-corrected chi connectivity index (χ0v) is 32.2. The molecule has 8 aliphatic rings. The third kappa shape index (κ3) is 5.12. The third-order valence-electron chi connectivity index (χ3n) is 15.0. The summed E-state index contributed by atoms with van der Waals surface area (Å²) in [6, 6.07) is 19.0. The number of halogens is 1. The normalized spacial score (nSPS) is 38.0. The average Bonchev–Trinajstić information content (AvgIpc) is 3.03. The van der Waals surface area contributed by atoms with Gasteiger partial charge in [0.15, 0.2) is 0 Å². The van der Waals surface area contributed by atoms with E-state index in [1.165, 1.54) is 107 Å². The molecule has 0 amide bonds. The van der Waals surface area contributed by atoms with E-state index in [2.05, 4.69) is 113 Å². The molecular formula is C45H55IO2. The maximum atomic E-state index is 7.26. The van der Waals surface area contributed by atoms with E-state index >= 15 is 0 Å². The van der Waals surface area contributed by atoms with E-state index in [1.54, 1.807) is 0 Å². The van der Waals surface area contributed by atoms with Crippen LogP contribution in [0.3, 0.4) is 0 Å². The van der Waals surface area contributed by atoms with E-state index in [-0.39, 0.29) is 17.1 Å². The number of aryl methyl sites for hydroxylation is 4. The van der Waals surface area contributed by atoms with Gasteiger partial charge in [0.25, 0.3) is 0 Å². The first-order chi connectivity index (χ1) is 23.0. The fourth-order valence-corrected chi connectivity index (χ4v) is 13.2. The lowest BCUT2D eigenvalue weighted by molar-refractivity contribution is -0.145. The third-order valence-corrected chi connectivity index (χ3v) is 15.7. The molecule has 48 heavy (non-hydrogen) atoms. The van der Waals surface area contributed by atoms with E-state index in [0.717, 1.165) is 35.2 Å². The van der Waals surface area contributed by atoms with E-state index in [4.69, 9.17) is 9.47 Å². The Morgan fingerprint density at radius 2 is 0.812 bits per heavy atom. The first kappa shape index (κ1) is 31.9. The molecule has 0 saturated heterocycles. The van der Waals surface area contributed by atoms with Crippen molar-refractivity contribution in [1.29, 1.82) is 0 Å². The van der Waals surface area contributed by atoms with Crippen LogP contribution in [0.15, 0.2) is 48.5 Å². The van der Waals surface area contributed by atoms with Crippen molar-refractivity contribution >= 4 is 22.6 Å². The molecule has 0 spiro atoms. The van der Waals surface area contributed by atoms with Crippen LogP contribution >= 0.6 is 22.6 Å². The van der Waals surface area contributed by atoms with Crippen molar-refractivity contribution in [2.24, 2.45) is 47.3 Å². The van der Waals surface area contributed by atoms with Gasteiger partial charge in [-0.25, -0.2) is 0 Å². The van der Waals surface area contributed by atoms with Crippen LogP contribution in [0.2, 0.25) is 0 Å². The lowest BCUT2D eigenvalue weighted by Crippen LogP contribution is -2.59. The smallest absolute Gasteiger partial charge is 0.125 e.